The minimum absolute atomic E-state index is 0.264. The highest BCUT2D eigenvalue weighted by Gasteiger charge is 2.25. The number of carbonyl (C=O) groups excluding carboxylic acids is 1. The first kappa shape index (κ1) is 22.6. The van der Waals surface area contributed by atoms with Gasteiger partial charge in [0.25, 0.3) is 5.91 Å². The smallest absolute Gasteiger partial charge is 0.284 e. The molecule has 172 valence electrons. The van der Waals surface area contributed by atoms with Crippen molar-refractivity contribution in [2.75, 3.05) is 30.0 Å². The summed E-state index contributed by atoms with van der Waals surface area (Å²) in [5.74, 6) is 1.15. The van der Waals surface area contributed by atoms with Gasteiger partial charge >= 0.3 is 0 Å². The summed E-state index contributed by atoms with van der Waals surface area (Å²) in [6.45, 7) is 5.38. The van der Waals surface area contributed by atoms with E-state index < -0.39 is 0 Å². The number of carbonyl (C=O) groups is 1. The Morgan fingerprint density at radius 3 is 2.67 bits per heavy atom. The summed E-state index contributed by atoms with van der Waals surface area (Å²) in [6.07, 6.45) is 0.677. The Balaban J connectivity index is 1.42. The van der Waals surface area contributed by atoms with Gasteiger partial charge in [-0.15, -0.1) is 11.3 Å². The van der Waals surface area contributed by atoms with Crippen LogP contribution in [0.15, 0.2) is 42.5 Å². The van der Waals surface area contributed by atoms with E-state index in [2.05, 4.69) is 29.5 Å². The van der Waals surface area contributed by atoms with Gasteiger partial charge in [0.1, 0.15) is 5.75 Å². The van der Waals surface area contributed by atoms with E-state index >= 15 is 0 Å². The number of guanidine groups is 1. The molecule has 3 aromatic rings. The second-order valence-corrected chi connectivity index (χ2v) is 9.30. The van der Waals surface area contributed by atoms with Crippen molar-refractivity contribution in [3.63, 3.8) is 0 Å². The highest BCUT2D eigenvalue weighted by atomic mass is 32.1. The normalized spacial score (nSPS) is 12.9. The Bertz CT molecular complexity index is 1170. The lowest BCUT2D eigenvalue weighted by molar-refractivity contribution is 0.102. The first-order valence-electron chi connectivity index (χ1n) is 10.8. The Labute approximate surface area is 197 Å². The van der Waals surface area contributed by atoms with Gasteiger partial charge in [0.05, 0.1) is 30.7 Å². The second kappa shape index (κ2) is 9.50. The van der Waals surface area contributed by atoms with Crippen molar-refractivity contribution in [2.24, 2.45) is 0 Å². The van der Waals surface area contributed by atoms with Gasteiger partial charge in [-0.2, -0.15) is 0 Å². The molecule has 1 aromatic heterocycles. The molecule has 8 nitrogen and oxygen atoms in total. The standard InChI is InChI=1S/C24H28N6O2S/c1-14(2)15-4-9-18(25)20(12-15)28-22(31)23-29-19-10-11-30(13-21(19)33-23)24(26)27-16-5-7-17(32-3)8-6-16/h4-9,12,14H,10-11,13,25H2,1-3H3,(H2,26,27)(H,28,31). The molecule has 33 heavy (non-hydrogen) atoms. The third-order valence-corrected chi connectivity index (χ3v) is 6.67. The molecule has 1 aliphatic rings. The molecule has 0 saturated carbocycles. The molecule has 4 rings (SSSR count). The van der Waals surface area contributed by atoms with Crippen LogP contribution >= 0.6 is 11.3 Å². The van der Waals surface area contributed by atoms with Crippen LogP contribution in [0.25, 0.3) is 0 Å². The zero-order valence-electron chi connectivity index (χ0n) is 18.9. The van der Waals surface area contributed by atoms with E-state index in [1.165, 1.54) is 11.3 Å². The largest absolute Gasteiger partial charge is 0.497 e. The maximum Gasteiger partial charge on any atom is 0.284 e. The number of benzene rings is 2. The lowest BCUT2D eigenvalue weighted by Crippen LogP contribution is -2.39. The molecule has 2 aromatic carbocycles. The summed E-state index contributed by atoms with van der Waals surface area (Å²) >= 11 is 1.36. The third-order valence-electron chi connectivity index (χ3n) is 5.59. The van der Waals surface area contributed by atoms with Crippen molar-refractivity contribution < 1.29 is 9.53 Å². The molecule has 2 heterocycles. The fraction of sp³-hybridized carbons (Fsp3) is 0.292. The SMILES string of the molecule is COc1ccc(NC(=N)N2CCc3nc(C(=O)Nc4cc(C(C)C)ccc4N)sc3C2)cc1. The summed E-state index contributed by atoms with van der Waals surface area (Å²) in [4.78, 5) is 20.4. The maximum atomic E-state index is 12.9. The van der Waals surface area contributed by atoms with Gasteiger partial charge in [0.2, 0.25) is 0 Å². The molecule has 0 bridgehead atoms. The molecule has 0 atom stereocenters. The predicted molar refractivity (Wildman–Crippen MR) is 133 cm³/mol. The minimum Gasteiger partial charge on any atom is -0.497 e. The molecule has 0 saturated heterocycles. The number of ether oxygens (including phenoxy) is 1. The van der Waals surface area contributed by atoms with Crippen LogP contribution in [0.4, 0.5) is 17.1 Å². The third kappa shape index (κ3) is 5.09. The van der Waals surface area contributed by atoms with Crippen LogP contribution in [0, 0.1) is 5.41 Å². The van der Waals surface area contributed by atoms with Gasteiger partial charge in [0, 0.05) is 23.5 Å². The number of rotatable bonds is 5. The second-order valence-electron chi connectivity index (χ2n) is 8.22. The number of nitrogen functional groups attached to an aromatic ring is 1. The van der Waals surface area contributed by atoms with Crippen molar-refractivity contribution in [1.29, 1.82) is 5.41 Å². The van der Waals surface area contributed by atoms with Crippen molar-refractivity contribution in [1.82, 2.24) is 9.88 Å². The van der Waals surface area contributed by atoms with Gasteiger partial charge in [-0.25, -0.2) is 4.98 Å². The number of nitrogens with one attached hydrogen (secondary N) is 3. The Morgan fingerprint density at radius 2 is 1.97 bits per heavy atom. The van der Waals surface area contributed by atoms with E-state index in [-0.39, 0.29) is 5.91 Å². The van der Waals surface area contributed by atoms with Crippen LogP contribution in [0.3, 0.4) is 0 Å². The first-order chi connectivity index (χ1) is 15.8. The molecular formula is C24H28N6O2S. The molecule has 0 unspecified atom stereocenters. The number of anilines is 3. The predicted octanol–water partition coefficient (Wildman–Crippen LogP) is 4.51. The van der Waals surface area contributed by atoms with Crippen molar-refractivity contribution in [2.45, 2.75) is 32.7 Å². The molecule has 1 amide bonds. The maximum absolute atomic E-state index is 12.9. The molecule has 0 spiro atoms. The molecule has 0 aliphatic carbocycles. The number of thiazole rings is 1. The van der Waals surface area contributed by atoms with E-state index in [1.807, 2.05) is 47.4 Å². The van der Waals surface area contributed by atoms with Crippen molar-refractivity contribution in [3.8, 4) is 5.75 Å². The van der Waals surface area contributed by atoms with Gasteiger partial charge in [-0.05, 0) is 47.9 Å². The minimum atomic E-state index is -0.264. The van der Waals surface area contributed by atoms with E-state index in [9.17, 15) is 4.79 Å². The van der Waals surface area contributed by atoms with E-state index in [0.29, 0.717) is 47.8 Å². The van der Waals surface area contributed by atoms with Crippen LogP contribution in [-0.2, 0) is 13.0 Å². The number of methoxy groups -OCH3 is 1. The monoisotopic (exact) mass is 464 g/mol. The Hall–Kier alpha value is -3.59. The van der Waals surface area contributed by atoms with Crippen LogP contribution in [0.5, 0.6) is 5.75 Å². The topological polar surface area (TPSA) is 116 Å². The summed E-state index contributed by atoms with van der Waals surface area (Å²) in [6, 6.07) is 13.1. The fourth-order valence-corrected chi connectivity index (χ4v) is 4.61. The molecule has 0 radical (unpaired) electrons. The van der Waals surface area contributed by atoms with E-state index in [4.69, 9.17) is 15.9 Å². The summed E-state index contributed by atoms with van der Waals surface area (Å²) in [7, 11) is 1.62. The van der Waals surface area contributed by atoms with Crippen molar-refractivity contribution >= 4 is 40.3 Å². The number of amides is 1. The van der Waals surface area contributed by atoms with E-state index in [1.54, 1.807) is 7.11 Å². The number of aromatic nitrogens is 1. The van der Waals surface area contributed by atoms with Gasteiger partial charge in [-0.1, -0.05) is 19.9 Å². The summed E-state index contributed by atoms with van der Waals surface area (Å²) in [5, 5.41) is 14.9. The number of hydrogen-bond acceptors (Lipinski definition) is 6. The van der Waals surface area contributed by atoms with Gasteiger partial charge in [0.15, 0.2) is 11.0 Å². The zero-order chi connectivity index (χ0) is 23.5. The quantitative estimate of drug-likeness (QED) is 0.251. The molecule has 5 N–H and O–H groups in total. The average molecular weight is 465 g/mol. The average Bonchev–Trinajstić information content (AvgIpc) is 3.24. The molecular weight excluding hydrogens is 436 g/mol. The van der Waals surface area contributed by atoms with Crippen LogP contribution < -0.4 is 21.1 Å². The summed E-state index contributed by atoms with van der Waals surface area (Å²) in [5.41, 5.74) is 10.0. The Kier molecular flexibility index (Phi) is 6.50. The van der Waals surface area contributed by atoms with E-state index in [0.717, 1.165) is 27.6 Å². The first-order valence-corrected chi connectivity index (χ1v) is 11.6. The van der Waals surface area contributed by atoms with Crippen molar-refractivity contribution in [3.05, 3.63) is 63.6 Å². The molecule has 1 aliphatic heterocycles. The van der Waals surface area contributed by atoms with Gasteiger partial charge < -0.3 is 26.0 Å². The molecule has 0 fully saturated rings. The lowest BCUT2D eigenvalue weighted by atomic mass is 10.0. The van der Waals surface area contributed by atoms with Crippen LogP contribution in [0.2, 0.25) is 0 Å². The van der Waals surface area contributed by atoms with Gasteiger partial charge in [-0.3, -0.25) is 10.2 Å². The molecule has 9 heteroatoms. The summed E-state index contributed by atoms with van der Waals surface area (Å²) < 4.78 is 5.17. The lowest BCUT2D eigenvalue weighted by Gasteiger charge is -2.28. The number of nitrogens with zero attached hydrogens (tertiary/aromatic N) is 2. The number of nitrogens with two attached hydrogens (primary N) is 1. The number of fused-ring (bicyclic) bond motifs is 1. The Morgan fingerprint density at radius 1 is 1.21 bits per heavy atom. The van der Waals surface area contributed by atoms with Crippen LogP contribution in [0.1, 0.15) is 45.7 Å². The highest BCUT2D eigenvalue weighted by Crippen LogP contribution is 2.28. The number of hydrogen-bond donors (Lipinski definition) is 4. The fourth-order valence-electron chi connectivity index (χ4n) is 3.59. The van der Waals surface area contributed by atoms with Crippen LogP contribution in [-0.4, -0.2) is 35.4 Å². The highest BCUT2D eigenvalue weighted by molar-refractivity contribution is 7.13. The zero-order valence-corrected chi connectivity index (χ0v) is 19.8.